The lowest BCUT2D eigenvalue weighted by atomic mass is 9.85. The highest BCUT2D eigenvalue weighted by Gasteiger charge is 2.50. The van der Waals surface area contributed by atoms with Crippen molar-refractivity contribution in [1.29, 1.82) is 5.26 Å². The quantitative estimate of drug-likeness (QED) is 0.654. The van der Waals surface area contributed by atoms with Gasteiger partial charge in [-0.1, -0.05) is 29.8 Å². The number of rotatable bonds is 6. The van der Waals surface area contributed by atoms with Gasteiger partial charge in [0.05, 0.1) is 36.8 Å². The number of carbonyl (C=O) groups is 1. The number of anilines is 1. The summed E-state index contributed by atoms with van der Waals surface area (Å²) in [6, 6.07) is 12.4. The van der Waals surface area contributed by atoms with Crippen LogP contribution in [0.4, 0.5) is 5.69 Å². The van der Waals surface area contributed by atoms with Crippen LogP contribution in [0.1, 0.15) is 32.1 Å². The molecule has 1 N–H and O–H groups in total. The Morgan fingerprint density at radius 3 is 2.57 bits per heavy atom. The third kappa shape index (κ3) is 4.37. The lowest BCUT2D eigenvalue weighted by Crippen LogP contribution is -2.56. The van der Waals surface area contributed by atoms with E-state index in [0.29, 0.717) is 24.4 Å². The Hall–Kier alpha value is -3.09. The zero-order valence-corrected chi connectivity index (χ0v) is 20.9. The van der Waals surface area contributed by atoms with Crippen LogP contribution in [-0.2, 0) is 14.8 Å². The molecule has 1 aromatic rings. The Labute approximate surface area is 207 Å². The standard InChI is InChI=1S/C26H31N5O3S/c1-35(33,34)31-18-21(17-27)23-16-20(9-10-24(23)31)6-5-13-29-14-11-26(12-15-29)25(32)28-19-30(26)22-7-3-2-4-8-22/h2-4,7-10H,5-6,11-16,18-19H2,1H3,(H,28,32). The summed E-state index contributed by atoms with van der Waals surface area (Å²) in [4.78, 5) is 17.5. The van der Waals surface area contributed by atoms with E-state index in [4.69, 9.17) is 0 Å². The molecule has 0 bridgehead atoms. The number of amides is 1. The smallest absolute Gasteiger partial charge is 0.247 e. The van der Waals surface area contributed by atoms with Gasteiger partial charge in [0.15, 0.2) is 0 Å². The molecule has 4 aliphatic rings. The Bertz CT molecular complexity index is 1250. The van der Waals surface area contributed by atoms with E-state index in [0.717, 1.165) is 56.6 Å². The van der Waals surface area contributed by atoms with E-state index < -0.39 is 15.6 Å². The number of para-hydroxylation sites is 1. The van der Waals surface area contributed by atoms with E-state index in [2.05, 4.69) is 33.3 Å². The Kier molecular flexibility index (Phi) is 6.20. The van der Waals surface area contributed by atoms with E-state index in [9.17, 15) is 18.5 Å². The number of hydrogen-bond donors (Lipinski definition) is 1. The van der Waals surface area contributed by atoms with Crippen LogP contribution in [0.5, 0.6) is 0 Å². The van der Waals surface area contributed by atoms with E-state index in [-0.39, 0.29) is 12.5 Å². The first-order chi connectivity index (χ1) is 16.8. The van der Waals surface area contributed by atoms with Crippen molar-refractivity contribution in [2.45, 2.75) is 37.6 Å². The van der Waals surface area contributed by atoms with Gasteiger partial charge in [0.2, 0.25) is 15.9 Å². The summed E-state index contributed by atoms with van der Waals surface area (Å²) in [6.45, 7) is 3.42. The van der Waals surface area contributed by atoms with Crippen LogP contribution in [0, 0.1) is 11.3 Å². The topological polar surface area (TPSA) is 96.7 Å². The van der Waals surface area contributed by atoms with Crippen molar-refractivity contribution in [3.63, 3.8) is 0 Å². The fourth-order valence-corrected chi connectivity index (χ4v) is 6.66. The van der Waals surface area contributed by atoms with Gasteiger partial charge in [0, 0.05) is 18.8 Å². The van der Waals surface area contributed by atoms with Crippen LogP contribution in [0.25, 0.3) is 0 Å². The number of nitriles is 1. The molecule has 9 heteroatoms. The summed E-state index contributed by atoms with van der Waals surface area (Å²) < 4.78 is 25.5. The molecule has 2 fully saturated rings. The lowest BCUT2D eigenvalue weighted by molar-refractivity contribution is -0.125. The fraction of sp³-hybridized carbons (Fsp3) is 0.462. The van der Waals surface area contributed by atoms with Crippen LogP contribution in [0.15, 0.2) is 64.9 Å². The minimum Gasteiger partial charge on any atom is -0.339 e. The third-order valence-electron chi connectivity index (χ3n) is 7.72. The number of piperidine rings is 1. The second-order valence-electron chi connectivity index (χ2n) is 9.80. The van der Waals surface area contributed by atoms with Crippen LogP contribution >= 0.6 is 0 Å². The average Bonchev–Trinajstić information content (AvgIpc) is 3.38. The van der Waals surface area contributed by atoms with Gasteiger partial charge >= 0.3 is 0 Å². The molecule has 0 atom stereocenters. The summed E-state index contributed by atoms with van der Waals surface area (Å²) in [5.74, 6) is 0.136. The SMILES string of the molecule is CS(=O)(=O)N1CC(C#N)=C2CC(CCCN3CCC4(CC3)C(=O)NCN4c3ccccc3)=CC=C21. The number of fused-ring (bicyclic) bond motifs is 1. The van der Waals surface area contributed by atoms with Crippen molar-refractivity contribution < 1.29 is 13.2 Å². The molecule has 3 heterocycles. The van der Waals surface area contributed by atoms with Gasteiger partial charge in [-0.05, 0) is 62.4 Å². The number of nitrogens with one attached hydrogen (secondary N) is 1. The summed E-state index contributed by atoms with van der Waals surface area (Å²) >= 11 is 0. The molecule has 1 aliphatic carbocycles. The molecule has 2 saturated heterocycles. The highest BCUT2D eigenvalue weighted by Crippen LogP contribution is 2.39. The molecule has 0 radical (unpaired) electrons. The van der Waals surface area contributed by atoms with Crippen LogP contribution in [-0.4, -0.2) is 68.2 Å². The zero-order chi connectivity index (χ0) is 24.6. The fourth-order valence-electron chi connectivity index (χ4n) is 5.77. The average molecular weight is 494 g/mol. The van der Waals surface area contributed by atoms with Crippen molar-refractivity contribution in [3.05, 3.63) is 64.9 Å². The predicted octanol–water partition coefficient (Wildman–Crippen LogP) is 2.50. The summed E-state index contributed by atoms with van der Waals surface area (Å²) in [5, 5.41) is 12.6. The first-order valence-electron chi connectivity index (χ1n) is 12.2. The van der Waals surface area contributed by atoms with Gasteiger partial charge in [0.1, 0.15) is 5.54 Å². The first-order valence-corrected chi connectivity index (χ1v) is 14.0. The molecule has 1 amide bonds. The maximum atomic E-state index is 12.8. The van der Waals surface area contributed by atoms with Crippen molar-refractivity contribution in [2.24, 2.45) is 0 Å². The molecular weight excluding hydrogens is 462 g/mol. The number of nitrogens with zero attached hydrogens (tertiary/aromatic N) is 4. The Morgan fingerprint density at radius 1 is 1.14 bits per heavy atom. The molecule has 1 spiro atoms. The van der Waals surface area contributed by atoms with E-state index >= 15 is 0 Å². The Balaban J connectivity index is 1.17. The molecule has 184 valence electrons. The van der Waals surface area contributed by atoms with E-state index in [1.807, 2.05) is 30.4 Å². The molecule has 0 unspecified atom stereocenters. The molecule has 35 heavy (non-hydrogen) atoms. The summed E-state index contributed by atoms with van der Waals surface area (Å²) in [6.07, 6.45) is 9.19. The summed E-state index contributed by atoms with van der Waals surface area (Å²) in [5.41, 5.74) is 3.90. The minimum absolute atomic E-state index is 0.136. The molecule has 5 rings (SSSR count). The first kappa shape index (κ1) is 23.6. The third-order valence-corrected chi connectivity index (χ3v) is 8.85. The molecule has 0 saturated carbocycles. The lowest BCUT2D eigenvalue weighted by Gasteiger charge is -2.43. The van der Waals surface area contributed by atoms with Crippen molar-refractivity contribution in [3.8, 4) is 6.07 Å². The van der Waals surface area contributed by atoms with Crippen molar-refractivity contribution in [1.82, 2.24) is 14.5 Å². The van der Waals surface area contributed by atoms with Crippen LogP contribution in [0.3, 0.4) is 0 Å². The van der Waals surface area contributed by atoms with Gasteiger partial charge in [-0.3, -0.25) is 9.10 Å². The second kappa shape index (κ2) is 9.17. The number of carbonyl (C=O) groups excluding carboxylic acids is 1. The monoisotopic (exact) mass is 493 g/mol. The van der Waals surface area contributed by atoms with Crippen molar-refractivity contribution >= 4 is 21.6 Å². The van der Waals surface area contributed by atoms with Gasteiger partial charge < -0.3 is 15.1 Å². The number of sulfonamides is 1. The predicted molar refractivity (Wildman–Crippen MR) is 135 cm³/mol. The minimum atomic E-state index is -3.40. The van der Waals surface area contributed by atoms with Gasteiger partial charge in [-0.25, -0.2) is 8.42 Å². The number of allylic oxidation sites excluding steroid dienone is 4. The van der Waals surface area contributed by atoms with E-state index in [1.54, 1.807) is 0 Å². The molecule has 8 nitrogen and oxygen atoms in total. The number of likely N-dealkylation sites (tertiary alicyclic amines) is 1. The highest BCUT2D eigenvalue weighted by atomic mass is 32.2. The van der Waals surface area contributed by atoms with E-state index in [1.165, 1.54) is 16.1 Å². The highest BCUT2D eigenvalue weighted by molar-refractivity contribution is 7.88. The van der Waals surface area contributed by atoms with Crippen molar-refractivity contribution in [2.75, 3.05) is 44.0 Å². The van der Waals surface area contributed by atoms with Crippen LogP contribution in [0.2, 0.25) is 0 Å². The maximum absolute atomic E-state index is 12.8. The van der Waals surface area contributed by atoms with Crippen LogP contribution < -0.4 is 10.2 Å². The summed E-state index contributed by atoms with van der Waals surface area (Å²) in [7, 11) is -3.40. The maximum Gasteiger partial charge on any atom is 0.247 e. The number of benzene rings is 1. The van der Waals surface area contributed by atoms with Gasteiger partial charge in [-0.2, -0.15) is 5.26 Å². The van der Waals surface area contributed by atoms with Gasteiger partial charge in [0.25, 0.3) is 0 Å². The molecule has 3 aliphatic heterocycles. The molecule has 1 aromatic carbocycles. The normalized spacial score (nSPS) is 22.1. The Morgan fingerprint density at radius 2 is 1.89 bits per heavy atom. The van der Waals surface area contributed by atoms with Gasteiger partial charge in [-0.15, -0.1) is 0 Å². The molecular formula is C26H31N5O3S. The molecule has 0 aromatic heterocycles. The zero-order valence-electron chi connectivity index (χ0n) is 20.0. The largest absolute Gasteiger partial charge is 0.339 e. The number of hydrogen-bond acceptors (Lipinski definition) is 6. The second-order valence-corrected chi connectivity index (χ2v) is 11.7.